The fraction of sp³-hybridized carbons (Fsp3) is 0. The third-order valence-electron chi connectivity index (χ3n) is 23.9. The van der Waals surface area contributed by atoms with Gasteiger partial charge < -0.3 is 9.13 Å². The Morgan fingerprint density at radius 3 is 1.00 bits per heavy atom. The van der Waals surface area contributed by atoms with E-state index in [9.17, 15) is 0 Å². The summed E-state index contributed by atoms with van der Waals surface area (Å²) in [6, 6.07) is 158. The SMILES string of the molecule is c1ccc(-c2nc(-c3cccc(-c4nn5c(-c6ccccc6)cc6ccccc6c5c4-c4ccccc4)c3)cc(-c3ccc4c(c3)c3ccccc3n4-c3ccccc3)n2)cc1.c1ccc(-c2nc(-c3cccc(-c4nn5c(-c6ccccc6)cc6ccccc6c5c4-c4ccccc4)c3)cc(-c3cccc4c3c3ccccc3n4-c3ccccc3)n2)cc1. The molecule has 0 radical (unpaired) electrons. The van der Waals surface area contributed by atoms with Crippen molar-refractivity contribution in [3.8, 4) is 146 Å². The van der Waals surface area contributed by atoms with E-state index in [4.69, 9.17) is 30.1 Å². The predicted molar refractivity (Wildman–Crippen MR) is 510 cm³/mol. The van der Waals surface area contributed by atoms with Crippen molar-refractivity contribution < 1.29 is 0 Å². The summed E-state index contributed by atoms with van der Waals surface area (Å²) < 4.78 is 8.98. The molecule has 0 aliphatic carbocycles. The molecule has 8 heterocycles. The van der Waals surface area contributed by atoms with E-state index in [1.54, 1.807) is 0 Å². The van der Waals surface area contributed by atoms with Crippen molar-refractivity contribution in [2.24, 2.45) is 0 Å². The quantitative estimate of drug-likeness (QED) is 0.108. The molecule has 24 aromatic rings. The Morgan fingerprint density at radius 1 is 0.194 bits per heavy atom. The molecule has 24 rings (SSSR count). The molecule has 10 nitrogen and oxygen atoms in total. The minimum absolute atomic E-state index is 0.670. The second kappa shape index (κ2) is 30.8. The van der Waals surface area contributed by atoms with Crippen LogP contribution >= 0.6 is 0 Å². The molecule has 0 aliphatic rings. The fourth-order valence-electron chi connectivity index (χ4n) is 18.2. The lowest BCUT2D eigenvalue weighted by atomic mass is 9.95. The highest BCUT2D eigenvalue weighted by atomic mass is 15.2. The summed E-state index contributed by atoms with van der Waals surface area (Å²) in [7, 11) is 0. The molecule has 0 unspecified atom stereocenters. The Bertz CT molecular complexity index is 8190. The smallest absolute Gasteiger partial charge is 0.160 e. The lowest BCUT2D eigenvalue weighted by molar-refractivity contribution is 0.979. The van der Waals surface area contributed by atoms with Crippen LogP contribution in [0.5, 0.6) is 0 Å². The van der Waals surface area contributed by atoms with Gasteiger partial charge in [0.2, 0.25) is 0 Å². The molecule has 0 bridgehead atoms. The lowest BCUT2D eigenvalue weighted by Crippen LogP contribution is -1.97. The van der Waals surface area contributed by atoms with Gasteiger partial charge in [-0.1, -0.05) is 358 Å². The average Bonchev–Trinajstić information content (AvgIpc) is 1.54. The van der Waals surface area contributed by atoms with Gasteiger partial charge in [0.25, 0.3) is 0 Å². The molecule has 0 spiro atoms. The first-order valence-corrected chi connectivity index (χ1v) is 41.9. The fourth-order valence-corrected chi connectivity index (χ4v) is 18.2. The largest absolute Gasteiger partial charge is 0.309 e. The van der Waals surface area contributed by atoms with Crippen molar-refractivity contribution in [3.05, 3.63) is 449 Å². The molecule has 0 atom stereocenters. The van der Waals surface area contributed by atoms with Crippen LogP contribution in [0, 0.1) is 0 Å². The Labute approximate surface area is 715 Å². The van der Waals surface area contributed by atoms with E-state index in [2.05, 4.69) is 431 Å². The highest BCUT2D eigenvalue weighted by Crippen LogP contribution is 2.47. The Kier molecular flexibility index (Phi) is 18.0. The van der Waals surface area contributed by atoms with Gasteiger partial charge in [0.05, 0.1) is 67.3 Å². The molecule has 0 N–H and O–H groups in total. The van der Waals surface area contributed by atoms with Crippen molar-refractivity contribution in [1.29, 1.82) is 0 Å². The van der Waals surface area contributed by atoms with Crippen molar-refractivity contribution in [2.45, 2.75) is 0 Å². The van der Waals surface area contributed by atoms with E-state index in [0.29, 0.717) is 11.6 Å². The zero-order valence-corrected chi connectivity index (χ0v) is 67.2. The number of hydrogen-bond acceptors (Lipinski definition) is 6. The monoisotopic (exact) mass is 1580 g/mol. The summed E-state index contributed by atoms with van der Waals surface area (Å²) in [6.07, 6.45) is 0. The zero-order chi connectivity index (χ0) is 82.0. The molecule has 0 saturated carbocycles. The second-order valence-electron chi connectivity index (χ2n) is 31.3. The van der Waals surface area contributed by atoms with Crippen LogP contribution in [-0.4, -0.2) is 48.3 Å². The summed E-state index contributed by atoms with van der Waals surface area (Å²) in [5.41, 5.74) is 30.8. The number of pyridine rings is 2. The van der Waals surface area contributed by atoms with Crippen molar-refractivity contribution in [1.82, 2.24) is 48.3 Å². The van der Waals surface area contributed by atoms with E-state index >= 15 is 0 Å². The summed E-state index contributed by atoms with van der Waals surface area (Å²) in [6.45, 7) is 0. The number of aromatic nitrogens is 10. The van der Waals surface area contributed by atoms with Crippen LogP contribution in [0.15, 0.2) is 449 Å². The summed E-state index contributed by atoms with van der Waals surface area (Å²) >= 11 is 0. The number of benzene rings is 16. The van der Waals surface area contributed by atoms with E-state index in [1.165, 1.54) is 32.4 Å². The predicted octanol–water partition coefficient (Wildman–Crippen LogP) is 28.8. The van der Waals surface area contributed by atoms with Gasteiger partial charge in [0, 0.05) is 110 Å². The Hall–Kier alpha value is -16.8. The van der Waals surface area contributed by atoms with Gasteiger partial charge in [-0.05, 0) is 113 Å². The third kappa shape index (κ3) is 12.8. The van der Waals surface area contributed by atoms with Gasteiger partial charge in [-0.15, -0.1) is 0 Å². The zero-order valence-electron chi connectivity index (χ0n) is 67.2. The molecule has 124 heavy (non-hydrogen) atoms. The molecule has 10 heteroatoms. The van der Waals surface area contributed by atoms with Crippen LogP contribution in [0.3, 0.4) is 0 Å². The highest BCUT2D eigenvalue weighted by Gasteiger charge is 2.27. The number of fused-ring (bicyclic) bond motifs is 12. The maximum absolute atomic E-state index is 5.52. The Morgan fingerprint density at radius 2 is 0.524 bits per heavy atom. The first-order chi connectivity index (χ1) is 61.5. The number of hydrogen-bond donors (Lipinski definition) is 0. The van der Waals surface area contributed by atoms with Crippen LogP contribution < -0.4 is 0 Å². The summed E-state index contributed by atoms with van der Waals surface area (Å²) in [5.74, 6) is 1.34. The second-order valence-corrected chi connectivity index (χ2v) is 31.3. The number of para-hydroxylation sites is 4. The topological polar surface area (TPSA) is 96.0 Å². The molecule has 0 aliphatic heterocycles. The van der Waals surface area contributed by atoms with Crippen molar-refractivity contribution in [3.63, 3.8) is 0 Å². The Balaban J connectivity index is 0.000000143. The van der Waals surface area contributed by atoms with Crippen LogP contribution in [0.1, 0.15) is 0 Å². The molecular weight excluding hydrogens is 1510 g/mol. The van der Waals surface area contributed by atoms with Crippen molar-refractivity contribution in [2.75, 3.05) is 0 Å². The van der Waals surface area contributed by atoms with E-state index in [-0.39, 0.29) is 0 Å². The molecule has 0 fully saturated rings. The van der Waals surface area contributed by atoms with Gasteiger partial charge in [0.1, 0.15) is 11.4 Å². The van der Waals surface area contributed by atoms with Gasteiger partial charge in [-0.2, -0.15) is 10.2 Å². The van der Waals surface area contributed by atoms with E-state index in [1.807, 2.05) is 36.4 Å². The first kappa shape index (κ1) is 72.4. The third-order valence-corrected chi connectivity index (χ3v) is 23.9. The average molecular weight is 1580 g/mol. The first-order valence-electron chi connectivity index (χ1n) is 41.9. The molecular formula is C114H74N10. The van der Waals surface area contributed by atoms with E-state index < -0.39 is 0 Å². The maximum Gasteiger partial charge on any atom is 0.160 e. The van der Waals surface area contributed by atoms with Crippen molar-refractivity contribution >= 4 is 76.2 Å². The van der Waals surface area contributed by atoms with Crippen LogP contribution in [-0.2, 0) is 0 Å². The molecule has 8 aromatic heterocycles. The lowest BCUT2D eigenvalue weighted by Gasteiger charge is -2.12. The van der Waals surface area contributed by atoms with Crippen LogP contribution in [0.4, 0.5) is 0 Å². The summed E-state index contributed by atoms with van der Waals surface area (Å²) in [4.78, 5) is 21.2. The van der Waals surface area contributed by atoms with Gasteiger partial charge in [-0.3, -0.25) is 0 Å². The van der Waals surface area contributed by atoms with Gasteiger partial charge in [0.15, 0.2) is 11.6 Å². The minimum Gasteiger partial charge on any atom is -0.309 e. The number of rotatable bonds is 14. The molecule has 0 amide bonds. The highest BCUT2D eigenvalue weighted by molar-refractivity contribution is 6.17. The normalized spacial score (nSPS) is 11.5. The molecule has 16 aromatic carbocycles. The summed E-state index contributed by atoms with van der Waals surface area (Å²) in [5, 5.41) is 20.4. The van der Waals surface area contributed by atoms with Gasteiger partial charge >= 0.3 is 0 Å². The maximum atomic E-state index is 5.52. The number of nitrogens with zero attached hydrogens (tertiary/aromatic N) is 10. The standard InChI is InChI=1S/2C57H37N5/c1-5-19-38(20-6-1)52-36-41-25-13-14-30-45(41)56-53(39-21-7-2-8-22-39)55(60-62(52)56)43-27-17-26-42(35-43)48-37-49(59-57(58-48)40-23-9-3-10-24-40)46-32-18-34-51-54(46)47-31-15-16-33-50(47)61(51)44-28-11-4-12-29-44;1-5-18-38(19-6-1)53-36-41-24-13-14-29-46(41)56-54(39-20-7-2-8-21-39)55(60-62(53)56)44-26-17-25-42(34-44)49-37-50(59-57(58-49)40-22-9-3-10-23-40)43-32-33-52-48(35-43)47-30-15-16-31-51(47)61(52)45-27-11-4-12-28-45/h2*1-37H. The van der Waals surface area contributed by atoms with Crippen LogP contribution in [0.25, 0.3) is 223 Å². The minimum atomic E-state index is 0.670. The van der Waals surface area contributed by atoms with E-state index in [0.717, 1.165) is 179 Å². The molecule has 580 valence electrons. The van der Waals surface area contributed by atoms with Crippen LogP contribution in [0.2, 0.25) is 0 Å². The molecule has 0 saturated heterocycles. The van der Waals surface area contributed by atoms with Gasteiger partial charge in [-0.25, -0.2) is 29.0 Å².